The van der Waals surface area contributed by atoms with Crippen molar-refractivity contribution in [3.63, 3.8) is 0 Å². The Hall–Kier alpha value is 0.250. The Balaban J connectivity index is 2.53. The van der Waals surface area contributed by atoms with E-state index in [1.54, 1.807) is 0 Å². The summed E-state index contributed by atoms with van der Waals surface area (Å²) in [7, 11) is 0. The quantitative estimate of drug-likeness (QED) is 0.618. The number of halogens is 1. The molecule has 1 aliphatic rings. The molecule has 0 saturated carbocycles. The second-order valence-electron chi connectivity index (χ2n) is 3.98. The van der Waals surface area contributed by atoms with Crippen LogP contribution in [0.4, 0.5) is 0 Å². The molecule has 0 bridgehead atoms. The van der Waals surface area contributed by atoms with Crippen LogP contribution in [0.25, 0.3) is 0 Å². The highest BCUT2D eigenvalue weighted by molar-refractivity contribution is 6.18. The van der Waals surface area contributed by atoms with Crippen molar-refractivity contribution in [1.29, 1.82) is 0 Å². The fourth-order valence-corrected chi connectivity index (χ4v) is 2.54. The van der Waals surface area contributed by atoms with E-state index in [9.17, 15) is 0 Å². The lowest BCUT2D eigenvalue weighted by molar-refractivity contribution is 0.185. The van der Waals surface area contributed by atoms with Gasteiger partial charge in [0.15, 0.2) is 0 Å². The molecule has 0 amide bonds. The summed E-state index contributed by atoms with van der Waals surface area (Å²) in [6, 6.07) is 1.33. The van der Waals surface area contributed by atoms with Gasteiger partial charge in [-0.25, -0.2) is 0 Å². The first-order valence-corrected chi connectivity index (χ1v) is 5.55. The Labute approximate surface area is 81.1 Å². The summed E-state index contributed by atoms with van der Waals surface area (Å²) in [6.07, 6.45) is 2.56. The fourth-order valence-electron chi connectivity index (χ4n) is 2.06. The average Bonchev–Trinajstić information content (AvgIpc) is 2.45. The van der Waals surface area contributed by atoms with Crippen molar-refractivity contribution in [2.75, 3.05) is 12.4 Å². The second kappa shape index (κ2) is 4.48. The molecule has 1 saturated heterocycles. The number of likely N-dealkylation sites (tertiary alicyclic amines) is 1. The monoisotopic (exact) mass is 189 g/mol. The molecular weight excluding hydrogens is 170 g/mol. The minimum absolute atomic E-state index is 0.626. The third kappa shape index (κ3) is 1.94. The molecule has 3 unspecified atom stereocenters. The Morgan fingerprint density at radius 2 is 2.25 bits per heavy atom. The molecule has 3 atom stereocenters. The van der Waals surface area contributed by atoms with Crippen molar-refractivity contribution in [1.82, 2.24) is 4.90 Å². The van der Waals surface area contributed by atoms with E-state index in [0.717, 1.165) is 11.8 Å². The van der Waals surface area contributed by atoms with Crippen LogP contribution in [0.2, 0.25) is 0 Å². The molecule has 0 aromatic rings. The molecule has 0 radical (unpaired) electrons. The molecule has 1 rings (SSSR count). The highest BCUT2D eigenvalue weighted by atomic mass is 35.5. The highest BCUT2D eigenvalue weighted by Gasteiger charge is 2.32. The molecule has 2 heteroatoms. The summed E-state index contributed by atoms with van der Waals surface area (Å²) in [5.41, 5.74) is 0. The van der Waals surface area contributed by atoms with Gasteiger partial charge in [-0.2, -0.15) is 0 Å². The zero-order valence-electron chi connectivity index (χ0n) is 8.39. The van der Waals surface area contributed by atoms with Crippen LogP contribution < -0.4 is 0 Å². The van der Waals surface area contributed by atoms with E-state index in [1.165, 1.54) is 19.4 Å². The van der Waals surface area contributed by atoms with Crippen LogP contribution in [0, 0.1) is 5.92 Å². The molecule has 12 heavy (non-hydrogen) atoms. The average molecular weight is 190 g/mol. The van der Waals surface area contributed by atoms with E-state index in [-0.39, 0.29) is 0 Å². The van der Waals surface area contributed by atoms with Crippen LogP contribution in [0.3, 0.4) is 0 Å². The van der Waals surface area contributed by atoms with Crippen LogP contribution in [-0.2, 0) is 0 Å². The van der Waals surface area contributed by atoms with Crippen LogP contribution in [0.15, 0.2) is 0 Å². The minimum Gasteiger partial charge on any atom is -0.296 e. The minimum atomic E-state index is 0.626. The van der Waals surface area contributed by atoms with Gasteiger partial charge in [0.1, 0.15) is 0 Å². The molecule has 0 spiro atoms. The normalized spacial score (nSPS) is 34.0. The van der Waals surface area contributed by atoms with Crippen molar-refractivity contribution in [2.24, 2.45) is 5.92 Å². The van der Waals surface area contributed by atoms with E-state index in [4.69, 9.17) is 11.6 Å². The van der Waals surface area contributed by atoms with Gasteiger partial charge in [0.05, 0.1) is 0 Å². The van der Waals surface area contributed by atoms with Gasteiger partial charge in [0, 0.05) is 18.0 Å². The number of hydrogen-bond acceptors (Lipinski definition) is 1. The standard InChI is InChI=1S/C10H20ClN/c1-4-9(3)12-6-5-8(2)10(12)7-11/h8-10H,4-7H2,1-3H3. The number of hydrogen-bond donors (Lipinski definition) is 0. The molecule has 1 heterocycles. The maximum absolute atomic E-state index is 5.96. The van der Waals surface area contributed by atoms with Gasteiger partial charge < -0.3 is 0 Å². The van der Waals surface area contributed by atoms with E-state index >= 15 is 0 Å². The zero-order chi connectivity index (χ0) is 9.14. The van der Waals surface area contributed by atoms with Crippen molar-refractivity contribution in [3.05, 3.63) is 0 Å². The third-order valence-electron chi connectivity index (χ3n) is 3.24. The first-order chi connectivity index (χ1) is 5.70. The maximum Gasteiger partial charge on any atom is 0.0382 e. The Morgan fingerprint density at radius 3 is 2.75 bits per heavy atom. The molecule has 0 aliphatic carbocycles. The summed E-state index contributed by atoms with van der Waals surface area (Å²) in [4.78, 5) is 2.57. The summed E-state index contributed by atoms with van der Waals surface area (Å²) >= 11 is 5.96. The molecule has 1 aliphatic heterocycles. The molecule has 1 nitrogen and oxygen atoms in total. The zero-order valence-corrected chi connectivity index (χ0v) is 9.14. The second-order valence-corrected chi connectivity index (χ2v) is 4.29. The van der Waals surface area contributed by atoms with E-state index < -0.39 is 0 Å². The Bertz CT molecular complexity index is 138. The van der Waals surface area contributed by atoms with Crippen molar-refractivity contribution < 1.29 is 0 Å². The summed E-state index contributed by atoms with van der Waals surface area (Å²) in [6.45, 7) is 8.11. The predicted octanol–water partition coefficient (Wildman–Crippen LogP) is 2.73. The lowest BCUT2D eigenvalue weighted by Crippen LogP contribution is -2.39. The van der Waals surface area contributed by atoms with E-state index in [2.05, 4.69) is 25.7 Å². The summed E-state index contributed by atoms with van der Waals surface area (Å²) in [5.74, 6) is 1.59. The topological polar surface area (TPSA) is 3.24 Å². The van der Waals surface area contributed by atoms with Crippen LogP contribution in [0.1, 0.15) is 33.6 Å². The van der Waals surface area contributed by atoms with Crippen molar-refractivity contribution in [2.45, 2.75) is 45.7 Å². The summed E-state index contributed by atoms with van der Waals surface area (Å²) in [5, 5.41) is 0. The molecule has 0 aromatic carbocycles. The first kappa shape index (κ1) is 10.3. The van der Waals surface area contributed by atoms with Gasteiger partial charge in [0.2, 0.25) is 0 Å². The lowest BCUT2D eigenvalue weighted by atomic mass is 10.0. The van der Waals surface area contributed by atoms with Gasteiger partial charge in [-0.1, -0.05) is 13.8 Å². The van der Waals surface area contributed by atoms with Gasteiger partial charge in [0.25, 0.3) is 0 Å². The van der Waals surface area contributed by atoms with Gasteiger partial charge in [-0.15, -0.1) is 11.6 Å². The maximum atomic E-state index is 5.96. The SMILES string of the molecule is CCC(C)N1CCC(C)C1CCl. The number of nitrogens with zero attached hydrogens (tertiary/aromatic N) is 1. The molecular formula is C10H20ClN. The summed E-state index contributed by atoms with van der Waals surface area (Å²) < 4.78 is 0. The van der Waals surface area contributed by atoms with E-state index in [1.807, 2.05) is 0 Å². The van der Waals surface area contributed by atoms with E-state index in [0.29, 0.717) is 12.1 Å². The van der Waals surface area contributed by atoms with Crippen LogP contribution >= 0.6 is 11.6 Å². The largest absolute Gasteiger partial charge is 0.296 e. The van der Waals surface area contributed by atoms with Crippen LogP contribution in [0.5, 0.6) is 0 Å². The van der Waals surface area contributed by atoms with Crippen molar-refractivity contribution >= 4 is 11.6 Å². The van der Waals surface area contributed by atoms with Gasteiger partial charge in [-0.3, -0.25) is 4.90 Å². The molecule has 0 aromatic heterocycles. The fraction of sp³-hybridized carbons (Fsp3) is 1.00. The van der Waals surface area contributed by atoms with Gasteiger partial charge >= 0.3 is 0 Å². The third-order valence-corrected chi connectivity index (χ3v) is 3.56. The van der Waals surface area contributed by atoms with Crippen LogP contribution in [-0.4, -0.2) is 29.4 Å². The van der Waals surface area contributed by atoms with Crippen molar-refractivity contribution in [3.8, 4) is 0 Å². The Kier molecular flexibility index (Phi) is 3.85. The first-order valence-electron chi connectivity index (χ1n) is 5.02. The number of alkyl halides is 1. The number of rotatable bonds is 3. The molecule has 0 N–H and O–H groups in total. The highest BCUT2D eigenvalue weighted by Crippen LogP contribution is 2.27. The van der Waals surface area contributed by atoms with Gasteiger partial charge in [-0.05, 0) is 32.2 Å². The Morgan fingerprint density at radius 1 is 1.58 bits per heavy atom. The molecule has 1 fully saturated rings. The smallest absolute Gasteiger partial charge is 0.0382 e. The molecule has 72 valence electrons. The lowest BCUT2D eigenvalue weighted by Gasteiger charge is -2.30. The predicted molar refractivity (Wildman–Crippen MR) is 54.7 cm³/mol.